The number of methoxy groups -OCH3 is 1. The van der Waals surface area contributed by atoms with E-state index in [9.17, 15) is 9.59 Å². The SMILES string of the molecule is COC(=O)CCNC(=O)NC(C)C. The molecule has 0 aromatic rings. The van der Waals surface area contributed by atoms with E-state index in [2.05, 4.69) is 15.4 Å². The highest BCUT2D eigenvalue weighted by atomic mass is 16.5. The van der Waals surface area contributed by atoms with E-state index >= 15 is 0 Å². The molecular formula is C8H16N2O3. The molecule has 0 aliphatic rings. The lowest BCUT2D eigenvalue weighted by Gasteiger charge is -2.09. The predicted octanol–water partition coefficient (Wildman–Crippen LogP) is 0.257. The molecule has 0 saturated carbocycles. The molecule has 5 heteroatoms. The second-order valence-corrected chi connectivity index (χ2v) is 2.88. The number of amides is 2. The first kappa shape index (κ1) is 11.7. The third-order valence-corrected chi connectivity index (χ3v) is 1.26. The molecule has 0 unspecified atom stereocenters. The summed E-state index contributed by atoms with van der Waals surface area (Å²) in [7, 11) is 1.32. The Morgan fingerprint density at radius 2 is 2.00 bits per heavy atom. The van der Waals surface area contributed by atoms with Gasteiger partial charge in [-0.25, -0.2) is 4.79 Å². The molecule has 76 valence electrons. The molecule has 0 aliphatic carbocycles. The Balaban J connectivity index is 3.42. The van der Waals surface area contributed by atoms with Crippen molar-refractivity contribution in [2.45, 2.75) is 26.3 Å². The monoisotopic (exact) mass is 188 g/mol. The Hall–Kier alpha value is -1.26. The van der Waals surface area contributed by atoms with Crippen molar-refractivity contribution in [1.29, 1.82) is 0 Å². The minimum atomic E-state index is -0.329. The third-order valence-electron chi connectivity index (χ3n) is 1.26. The van der Waals surface area contributed by atoms with Crippen molar-refractivity contribution in [3.05, 3.63) is 0 Å². The molecule has 13 heavy (non-hydrogen) atoms. The molecule has 2 N–H and O–H groups in total. The van der Waals surface area contributed by atoms with E-state index in [1.807, 2.05) is 13.8 Å². The van der Waals surface area contributed by atoms with E-state index in [1.54, 1.807) is 0 Å². The van der Waals surface area contributed by atoms with Crippen LogP contribution in [-0.4, -0.2) is 31.7 Å². The second kappa shape index (κ2) is 6.28. The molecule has 0 heterocycles. The van der Waals surface area contributed by atoms with Gasteiger partial charge < -0.3 is 15.4 Å². The van der Waals surface area contributed by atoms with Crippen molar-refractivity contribution in [2.75, 3.05) is 13.7 Å². The minimum absolute atomic E-state index is 0.0955. The Bertz CT molecular complexity index is 180. The number of ether oxygens (including phenoxy) is 1. The molecule has 0 atom stereocenters. The number of esters is 1. The molecular weight excluding hydrogens is 172 g/mol. The largest absolute Gasteiger partial charge is 0.469 e. The first-order valence-corrected chi connectivity index (χ1v) is 4.17. The van der Waals surface area contributed by atoms with Gasteiger partial charge in [0, 0.05) is 12.6 Å². The van der Waals surface area contributed by atoms with E-state index in [0.717, 1.165) is 0 Å². The molecule has 0 fully saturated rings. The number of nitrogens with one attached hydrogen (secondary N) is 2. The van der Waals surface area contributed by atoms with Gasteiger partial charge in [0.25, 0.3) is 0 Å². The van der Waals surface area contributed by atoms with E-state index in [4.69, 9.17) is 0 Å². The van der Waals surface area contributed by atoms with Crippen LogP contribution in [0.25, 0.3) is 0 Å². The van der Waals surface area contributed by atoms with Gasteiger partial charge in [0.15, 0.2) is 0 Å². The fourth-order valence-corrected chi connectivity index (χ4v) is 0.693. The summed E-state index contributed by atoms with van der Waals surface area (Å²) in [6.07, 6.45) is 0.196. The van der Waals surface area contributed by atoms with E-state index in [-0.39, 0.29) is 24.5 Å². The van der Waals surface area contributed by atoms with Gasteiger partial charge in [-0.15, -0.1) is 0 Å². The summed E-state index contributed by atoms with van der Waals surface area (Å²) in [5, 5.41) is 5.16. The maximum Gasteiger partial charge on any atom is 0.315 e. The highest BCUT2D eigenvalue weighted by Gasteiger charge is 2.03. The molecule has 0 spiro atoms. The van der Waals surface area contributed by atoms with Gasteiger partial charge >= 0.3 is 12.0 Å². The normalized spacial score (nSPS) is 9.54. The van der Waals surface area contributed by atoms with Gasteiger partial charge in [-0.3, -0.25) is 4.79 Å². The van der Waals surface area contributed by atoms with Crippen LogP contribution in [0.4, 0.5) is 4.79 Å². The van der Waals surface area contributed by atoms with Gasteiger partial charge in [-0.1, -0.05) is 0 Å². The van der Waals surface area contributed by atoms with Crippen molar-refractivity contribution in [2.24, 2.45) is 0 Å². The van der Waals surface area contributed by atoms with Crippen LogP contribution in [-0.2, 0) is 9.53 Å². The van der Waals surface area contributed by atoms with Gasteiger partial charge in [-0.2, -0.15) is 0 Å². The number of hydrogen-bond acceptors (Lipinski definition) is 3. The van der Waals surface area contributed by atoms with Crippen molar-refractivity contribution in [3.8, 4) is 0 Å². The summed E-state index contributed by atoms with van der Waals surface area (Å²) in [6.45, 7) is 4.02. The number of hydrogen-bond donors (Lipinski definition) is 2. The van der Waals surface area contributed by atoms with Crippen LogP contribution in [0, 0.1) is 0 Å². The summed E-state index contributed by atoms with van der Waals surface area (Å²) in [5.41, 5.74) is 0. The van der Waals surface area contributed by atoms with Crippen LogP contribution in [0.5, 0.6) is 0 Å². The summed E-state index contributed by atoms with van der Waals surface area (Å²) in [4.78, 5) is 21.6. The maximum absolute atomic E-state index is 10.9. The Morgan fingerprint density at radius 3 is 2.46 bits per heavy atom. The highest BCUT2D eigenvalue weighted by Crippen LogP contribution is 1.82. The lowest BCUT2D eigenvalue weighted by atomic mass is 10.4. The van der Waals surface area contributed by atoms with Crippen LogP contribution < -0.4 is 10.6 Å². The predicted molar refractivity (Wildman–Crippen MR) is 48.3 cm³/mol. The Kier molecular flexibility index (Phi) is 5.67. The zero-order valence-electron chi connectivity index (χ0n) is 8.22. The molecule has 0 aliphatic heterocycles. The van der Waals surface area contributed by atoms with Crippen molar-refractivity contribution in [1.82, 2.24) is 10.6 Å². The van der Waals surface area contributed by atoms with Crippen LogP contribution in [0.15, 0.2) is 0 Å². The van der Waals surface area contributed by atoms with Crippen molar-refractivity contribution >= 4 is 12.0 Å². The average molecular weight is 188 g/mol. The standard InChI is InChI=1S/C8H16N2O3/c1-6(2)10-8(12)9-5-4-7(11)13-3/h6H,4-5H2,1-3H3,(H2,9,10,12). The number of urea groups is 1. The topological polar surface area (TPSA) is 67.4 Å². The molecule has 0 rings (SSSR count). The Labute approximate surface area is 77.8 Å². The number of rotatable bonds is 4. The van der Waals surface area contributed by atoms with Gasteiger partial charge in [-0.05, 0) is 13.8 Å². The van der Waals surface area contributed by atoms with Gasteiger partial charge in [0.2, 0.25) is 0 Å². The smallest absolute Gasteiger partial charge is 0.315 e. The van der Waals surface area contributed by atoms with Gasteiger partial charge in [0.05, 0.1) is 13.5 Å². The fourth-order valence-electron chi connectivity index (χ4n) is 0.693. The maximum atomic E-state index is 10.9. The average Bonchev–Trinajstić information content (AvgIpc) is 2.02. The van der Waals surface area contributed by atoms with Crippen molar-refractivity contribution < 1.29 is 14.3 Å². The van der Waals surface area contributed by atoms with E-state index in [1.165, 1.54) is 7.11 Å². The van der Waals surface area contributed by atoms with Crippen LogP contribution in [0.2, 0.25) is 0 Å². The van der Waals surface area contributed by atoms with Crippen LogP contribution in [0.1, 0.15) is 20.3 Å². The van der Waals surface area contributed by atoms with Crippen LogP contribution >= 0.6 is 0 Å². The molecule has 0 saturated heterocycles. The molecule has 0 bridgehead atoms. The molecule has 0 radical (unpaired) electrons. The molecule has 0 aromatic carbocycles. The first-order chi connectivity index (χ1) is 6.06. The summed E-state index contributed by atoms with van der Waals surface area (Å²) in [5.74, 6) is -0.329. The quantitative estimate of drug-likeness (QED) is 0.622. The summed E-state index contributed by atoms with van der Waals surface area (Å²) < 4.78 is 4.40. The highest BCUT2D eigenvalue weighted by molar-refractivity contribution is 5.75. The van der Waals surface area contributed by atoms with Gasteiger partial charge in [0.1, 0.15) is 0 Å². The first-order valence-electron chi connectivity index (χ1n) is 4.17. The van der Waals surface area contributed by atoms with E-state index < -0.39 is 0 Å². The minimum Gasteiger partial charge on any atom is -0.469 e. The third kappa shape index (κ3) is 7.11. The van der Waals surface area contributed by atoms with Crippen LogP contribution in [0.3, 0.4) is 0 Å². The summed E-state index contributed by atoms with van der Waals surface area (Å²) in [6, 6.07) is -0.169. The lowest BCUT2D eigenvalue weighted by molar-refractivity contribution is -0.140. The van der Waals surface area contributed by atoms with E-state index in [0.29, 0.717) is 6.54 Å². The number of carbonyl (C=O) groups is 2. The second-order valence-electron chi connectivity index (χ2n) is 2.88. The zero-order valence-corrected chi connectivity index (χ0v) is 8.22. The molecule has 2 amide bonds. The number of carbonyl (C=O) groups excluding carboxylic acids is 2. The fraction of sp³-hybridized carbons (Fsp3) is 0.750. The zero-order chi connectivity index (χ0) is 10.3. The van der Waals surface area contributed by atoms with Crippen molar-refractivity contribution in [3.63, 3.8) is 0 Å². The molecule has 5 nitrogen and oxygen atoms in total. The molecule has 0 aromatic heterocycles. The summed E-state index contributed by atoms with van der Waals surface area (Å²) >= 11 is 0. The lowest BCUT2D eigenvalue weighted by Crippen LogP contribution is -2.40. The Morgan fingerprint density at radius 1 is 1.38 bits per heavy atom.